The molecular formula is C29H30N4. The molecule has 0 bridgehead atoms. The van der Waals surface area contributed by atoms with Crippen LogP contribution in [-0.2, 0) is 25.0 Å². The highest BCUT2D eigenvalue weighted by Gasteiger charge is 2.36. The van der Waals surface area contributed by atoms with Crippen LogP contribution in [0.5, 0.6) is 0 Å². The summed E-state index contributed by atoms with van der Waals surface area (Å²) in [6.45, 7) is 2.92. The Kier molecular flexibility index (Phi) is 6.09. The monoisotopic (exact) mass is 434 g/mol. The third-order valence-electron chi connectivity index (χ3n) is 6.47. The Morgan fingerprint density at radius 1 is 0.970 bits per heavy atom. The van der Waals surface area contributed by atoms with Crippen LogP contribution in [0.1, 0.15) is 35.6 Å². The minimum Gasteiger partial charge on any atom is -0.361 e. The van der Waals surface area contributed by atoms with Crippen molar-refractivity contribution in [1.29, 1.82) is 0 Å². The molecule has 4 heteroatoms. The topological polar surface area (TPSA) is 45.6 Å². The molecule has 4 nitrogen and oxygen atoms in total. The summed E-state index contributed by atoms with van der Waals surface area (Å²) < 4.78 is 2.09. The van der Waals surface area contributed by atoms with Gasteiger partial charge in [-0.1, -0.05) is 74.0 Å². The van der Waals surface area contributed by atoms with Crippen LogP contribution < -0.4 is 5.32 Å². The molecule has 5 aromatic rings. The molecule has 0 radical (unpaired) electrons. The minimum absolute atomic E-state index is 0.388. The van der Waals surface area contributed by atoms with E-state index in [1.54, 1.807) is 0 Å². The van der Waals surface area contributed by atoms with Crippen molar-refractivity contribution in [1.82, 2.24) is 19.9 Å². The average Bonchev–Trinajstić information content (AvgIpc) is 3.55. The van der Waals surface area contributed by atoms with E-state index in [2.05, 4.69) is 106 Å². The van der Waals surface area contributed by atoms with E-state index in [1.165, 1.54) is 33.2 Å². The molecule has 166 valence electrons. The van der Waals surface area contributed by atoms with Crippen LogP contribution in [0.4, 0.5) is 0 Å². The normalized spacial score (nSPS) is 13.2. The van der Waals surface area contributed by atoms with Gasteiger partial charge in [-0.15, -0.1) is 0 Å². The van der Waals surface area contributed by atoms with Crippen molar-refractivity contribution in [2.45, 2.75) is 38.4 Å². The van der Waals surface area contributed by atoms with Gasteiger partial charge in [0.05, 0.1) is 18.5 Å². The number of hydrogen-bond donors (Lipinski definition) is 2. The van der Waals surface area contributed by atoms with Crippen LogP contribution in [0.15, 0.2) is 104 Å². The summed E-state index contributed by atoms with van der Waals surface area (Å²) in [4.78, 5) is 7.56. The highest BCUT2D eigenvalue weighted by atomic mass is 15.2. The van der Waals surface area contributed by atoms with Gasteiger partial charge >= 0.3 is 0 Å². The maximum atomic E-state index is 4.25. The molecule has 1 atom stereocenters. The Hall–Kier alpha value is -3.63. The zero-order valence-corrected chi connectivity index (χ0v) is 19.0. The van der Waals surface area contributed by atoms with Crippen LogP contribution in [0.2, 0.25) is 0 Å². The van der Waals surface area contributed by atoms with Crippen LogP contribution in [0.25, 0.3) is 10.9 Å². The number of fused-ring (bicyclic) bond motifs is 1. The van der Waals surface area contributed by atoms with Gasteiger partial charge in [0.1, 0.15) is 0 Å². The summed E-state index contributed by atoms with van der Waals surface area (Å²) in [6.07, 6.45) is 10.7. The predicted molar refractivity (Wildman–Crippen MR) is 135 cm³/mol. The fraction of sp³-hybridized carbons (Fsp3) is 0.207. The number of imidazole rings is 1. The average molecular weight is 435 g/mol. The van der Waals surface area contributed by atoms with Gasteiger partial charge in [0.25, 0.3) is 0 Å². The van der Waals surface area contributed by atoms with Gasteiger partial charge in [0.15, 0.2) is 0 Å². The van der Waals surface area contributed by atoms with E-state index in [9.17, 15) is 0 Å². The molecule has 0 saturated carbocycles. The van der Waals surface area contributed by atoms with E-state index in [0.29, 0.717) is 6.67 Å². The molecule has 3 aromatic carbocycles. The van der Waals surface area contributed by atoms with E-state index in [1.807, 2.05) is 24.9 Å². The van der Waals surface area contributed by atoms with Crippen molar-refractivity contribution in [3.05, 3.63) is 126 Å². The summed E-state index contributed by atoms with van der Waals surface area (Å²) in [5.41, 5.74) is 6.08. The molecule has 0 saturated heterocycles. The van der Waals surface area contributed by atoms with E-state index in [0.717, 1.165) is 19.3 Å². The Balaban J connectivity index is 1.68. The van der Waals surface area contributed by atoms with Crippen molar-refractivity contribution < 1.29 is 0 Å². The van der Waals surface area contributed by atoms with E-state index >= 15 is 0 Å². The van der Waals surface area contributed by atoms with Crippen LogP contribution in [-0.4, -0.2) is 14.5 Å². The predicted octanol–water partition coefficient (Wildman–Crippen LogP) is 6.05. The standard InChI is InChI=1S/C29H30N4/c1-2-8-24-9-6-7-12-27(24)29(26-10-4-3-5-11-26,32-22-33-18-17-30-21-33)20-23-13-14-28-25(19-23)15-16-31-28/h3-7,9-19,21,31-32H,2,8,20,22H2,1H3. The fourth-order valence-corrected chi connectivity index (χ4v) is 4.88. The molecular weight excluding hydrogens is 404 g/mol. The van der Waals surface area contributed by atoms with Gasteiger partial charge in [0.2, 0.25) is 0 Å². The summed E-state index contributed by atoms with van der Waals surface area (Å²) >= 11 is 0. The summed E-state index contributed by atoms with van der Waals surface area (Å²) in [6, 6.07) is 28.7. The van der Waals surface area contributed by atoms with Crippen LogP contribution >= 0.6 is 0 Å². The number of aromatic amines is 1. The highest BCUT2D eigenvalue weighted by Crippen LogP contribution is 2.37. The molecule has 0 aliphatic rings. The first-order valence-corrected chi connectivity index (χ1v) is 11.7. The second-order valence-corrected chi connectivity index (χ2v) is 8.67. The Morgan fingerprint density at radius 2 is 1.82 bits per heavy atom. The lowest BCUT2D eigenvalue weighted by atomic mass is 9.75. The third-order valence-corrected chi connectivity index (χ3v) is 6.47. The SMILES string of the molecule is CCCc1ccccc1C(Cc1ccc2[nH]ccc2c1)(NCn1ccnc1)c1ccccc1. The highest BCUT2D eigenvalue weighted by molar-refractivity contribution is 5.80. The first-order valence-electron chi connectivity index (χ1n) is 11.7. The molecule has 33 heavy (non-hydrogen) atoms. The minimum atomic E-state index is -0.388. The zero-order chi connectivity index (χ0) is 22.5. The first kappa shape index (κ1) is 21.2. The smallest absolute Gasteiger partial charge is 0.0956 e. The maximum absolute atomic E-state index is 4.25. The second-order valence-electron chi connectivity index (χ2n) is 8.67. The summed E-state index contributed by atoms with van der Waals surface area (Å²) in [5.74, 6) is 0. The summed E-state index contributed by atoms with van der Waals surface area (Å²) in [5, 5.41) is 5.21. The van der Waals surface area contributed by atoms with Gasteiger partial charge < -0.3 is 9.55 Å². The van der Waals surface area contributed by atoms with E-state index in [4.69, 9.17) is 0 Å². The van der Waals surface area contributed by atoms with Crippen LogP contribution in [0, 0.1) is 0 Å². The third kappa shape index (κ3) is 4.35. The van der Waals surface area contributed by atoms with E-state index < -0.39 is 0 Å². The van der Waals surface area contributed by atoms with Gasteiger partial charge in [-0.25, -0.2) is 4.98 Å². The molecule has 0 spiro atoms. The number of rotatable bonds is 9. The van der Waals surface area contributed by atoms with Crippen molar-refractivity contribution in [3.63, 3.8) is 0 Å². The second kappa shape index (κ2) is 9.47. The van der Waals surface area contributed by atoms with Gasteiger partial charge in [-0.3, -0.25) is 5.32 Å². The number of benzene rings is 3. The maximum Gasteiger partial charge on any atom is 0.0956 e. The van der Waals surface area contributed by atoms with Crippen molar-refractivity contribution in [2.75, 3.05) is 0 Å². The van der Waals surface area contributed by atoms with E-state index in [-0.39, 0.29) is 5.54 Å². The molecule has 1 unspecified atom stereocenters. The molecule has 0 aliphatic carbocycles. The Labute approximate surface area is 195 Å². The Morgan fingerprint density at radius 3 is 2.64 bits per heavy atom. The number of H-pyrrole nitrogens is 1. The quantitative estimate of drug-likeness (QED) is 0.297. The molecule has 2 aromatic heterocycles. The molecule has 0 aliphatic heterocycles. The van der Waals surface area contributed by atoms with Gasteiger partial charge in [0, 0.05) is 24.1 Å². The fourth-order valence-electron chi connectivity index (χ4n) is 4.88. The molecule has 0 amide bonds. The number of aromatic nitrogens is 3. The number of hydrogen-bond acceptors (Lipinski definition) is 2. The van der Waals surface area contributed by atoms with Gasteiger partial charge in [-0.2, -0.15) is 0 Å². The van der Waals surface area contributed by atoms with Crippen molar-refractivity contribution in [3.8, 4) is 0 Å². The van der Waals surface area contributed by atoms with Crippen molar-refractivity contribution in [2.24, 2.45) is 0 Å². The number of nitrogens with zero attached hydrogens (tertiary/aromatic N) is 2. The van der Waals surface area contributed by atoms with Crippen molar-refractivity contribution >= 4 is 10.9 Å². The Bertz CT molecular complexity index is 1300. The molecule has 2 N–H and O–H groups in total. The number of aryl methyl sites for hydroxylation is 1. The largest absolute Gasteiger partial charge is 0.361 e. The molecule has 5 rings (SSSR count). The number of nitrogens with one attached hydrogen (secondary N) is 2. The molecule has 0 fully saturated rings. The molecule has 2 heterocycles. The lowest BCUT2D eigenvalue weighted by Gasteiger charge is -2.38. The zero-order valence-electron chi connectivity index (χ0n) is 19.0. The van der Waals surface area contributed by atoms with Crippen LogP contribution in [0.3, 0.4) is 0 Å². The summed E-state index contributed by atoms with van der Waals surface area (Å²) in [7, 11) is 0. The first-order chi connectivity index (χ1) is 16.3. The lowest BCUT2D eigenvalue weighted by Crippen LogP contribution is -2.46. The lowest BCUT2D eigenvalue weighted by molar-refractivity contribution is 0.353. The van der Waals surface area contributed by atoms with Gasteiger partial charge in [-0.05, 0) is 58.7 Å².